The molecule has 0 aromatic heterocycles. The van der Waals surface area contributed by atoms with Crippen LogP contribution in [0, 0.1) is 5.92 Å². The first kappa shape index (κ1) is 22.4. The second-order valence-electron chi connectivity index (χ2n) is 9.76. The molecule has 6 heteroatoms. The molecule has 0 bridgehead atoms. The fourth-order valence-electron chi connectivity index (χ4n) is 5.23. The van der Waals surface area contributed by atoms with E-state index in [1.165, 1.54) is 6.42 Å². The Balaban J connectivity index is 1.38. The maximum absolute atomic E-state index is 10.8. The van der Waals surface area contributed by atoms with Gasteiger partial charge in [-0.15, -0.1) is 0 Å². The molecule has 0 aromatic rings. The molecule has 0 radical (unpaired) electrons. The van der Waals surface area contributed by atoms with Crippen molar-refractivity contribution >= 4 is 0 Å². The first-order chi connectivity index (χ1) is 13.4. The molecule has 0 aromatic carbocycles. The van der Waals surface area contributed by atoms with Gasteiger partial charge in [0.15, 0.2) is 0 Å². The van der Waals surface area contributed by atoms with Gasteiger partial charge in [0.1, 0.15) is 0 Å². The molecule has 2 aliphatic heterocycles. The summed E-state index contributed by atoms with van der Waals surface area (Å²) in [6.45, 7) is 11.4. The van der Waals surface area contributed by atoms with Gasteiger partial charge in [-0.1, -0.05) is 20.3 Å². The van der Waals surface area contributed by atoms with E-state index in [1.807, 2.05) is 0 Å². The summed E-state index contributed by atoms with van der Waals surface area (Å²) < 4.78 is 11.3. The van der Waals surface area contributed by atoms with Gasteiger partial charge in [0.2, 0.25) is 0 Å². The highest BCUT2D eigenvalue weighted by atomic mass is 16.5. The van der Waals surface area contributed by atoms with E-state index in [0.29, 0.717) is 42.2 Å². The Labute approximate surface area is 171 Å². The molecule has 4 N–H and O–H groups in total. The quantitative estimate of drug-likeness (QED) is 0.451. The molecule has 164 valence electrons. The molecule has 1 aliphatic carbocycles. The lowest BCUT2D eigenvalue weighted by Gasteiger charge is -2.42. The SMILES string of the molecule is CC(C)NC1CCCC(CC(C)NC2COC2CC(C)NC2CCOC2)C1O. The molecule has 3 fully saturated rings. The topological polar surface area (TPSA) is 74.8 Å². The molecule has 8 unspecified atom stereocenters. The molecule has 3 rings (SSSR count). The lowest BCUT2D eigenvalue weighted by Crippen LogP contribution is -2.59. The van der Waals surface area contributed by atoms with Crippen LogP contribution in [0.1, 0.15) is 66.2 Å². The van der Waals surface area contributed by atoms with Crippen molar-refractivity contribution in [3.05, 3.63) is 0 Å². The predicted octanol–water partition coefficient (Wildman–Crippen LogP) is 1.81. The van der Waals surface area contributed by atoms with Crippen molar-refractivity contribution < 1.29 is 14.6 Å². The van der Waals surface area contributed by atoms with Crippen molar-refractivity contribution in [2.45, 2.75) is 115 Å². The van der Waals surface area contributed by atoms with Crippen LogP contribution in [-0.4, -0.2) is 73.4 Å². The molecule has 3 aliphatic rings. The van der Waals surface area contributed by atoms with Gasteiger partial charge in [0, 0.05) is 36.8 Å². The summed E-state index contributed by atoms with van der Waals surface area (Å²) in [4.78, 5) is 0. The van der Waals surface area contributed by atoms with Crippen molar-refractivity contribution in [2.24, 2.45) is 5.92 Å². The highest BCUT2D eigenvalue weighted by Crippen LogP contribution is 2.29. The molecule has 1 saturated carbocycles. The zero-order chi connectivity index (χ0) is 20.1. The molecule has 2 saturated heterocycles. The molecular formula is C22H43N3O3. The lowest BCUT2D eigenvalue weighted by atomic mass is 9.79. The highest BCUT2D eigenvalue weighted by molar-refractivity contribution is 4.93. The van der Waals surface area contributed by atoms with Gasteiger partial charge in [0.05, 0.1) is 31.5 Å². The maximum atomic E-state index is 10.8. The van der Waals surface area contributed by atoms with Gasteiger partial charge in [-0.25, -0.2) is 0 Å². The molecule has 8 atom stereocenters. The first-order valence-corrected chi connectivity index (χ1v) is 11.6. The molecule has 0 spiro atoms. The number of nitrogens with one attached hydrogen (secondary N) is 3. The Kier molecular flexibility index (Phi) is 8.57. The Morgan fingerprint density at radius 1 is 0.893 bits per heavy atom. The average molecular weight is 398 g/mol. The Morgan fingerprint density at radius 2 is 1.68 bits per heavy atom. The van der Waals surface area contributed by atoms with Gasteiger partial charge in [-0.3, -0.25) is 0 Å². The Morgan fingerprint density at radius 3 is 2.32 bits per heavy atom. The summed E-state index contributed by atoms with van der Waals surface area (Å²) in [6.07, 6.45) is 6.69. The Hall–Kier alpha value is -0.240. The van der Waals surface area contributed by atoms with E-state index in [4.69, 9.17) is 9.47 Å². The molecule has 6 nitrogen and oxygen atoms in total. The summed E-state index contributed by atoms with van der Waals surface area (Å²) in [5.74, 6) is 0.384. The van der Waals surface area contributed by atoms with Crippen LogP contribution in [0.25, 0.3) is 0 Å². The van der Waals surface area contributed by atoms with Crippen LogP contribution < -0.4 is 16.0 Å². The largest absolute Gasteiger partial charge is 0.391 e. The van der Waals surface area contributed by atoms with Gasteiger partial charge in [0.25, 0.3) is 0 Å². The monoisotopic (exact) mass is 397 g/mol. The van der Waals surface area contributed by atoms with E-state index in [0.717, 1.165) is 51.9 Å². The van der Waals surface area contributed by atoms with E-state index < -0.39 is 0 Å². The number of hydrogen-bond acceptors (Lipinski definition) is 6. The van der Waals surface area contributed by atoms with Crippen LogP contribution in [0.3, 0.4) is 0 Å². The normalized spacial score (nSPS) is 38.4. The van der Waals surface area contributed by atoms with E-state index >= 15 is 0 Å². The summed E-state index contributed by atoms with van der Waals surface area (Å²) in [5.41, 5.74) is 0. The zero-order valence-corrected chi connectivity index (χ0v) is 18.3. The minimum atomic E-state index is -0.230. The zero-order valence-electron chi connectivity index (χ0n) is 18.3. The van der Waals surface area contributed by atoms with Gasteiger partial charge in [-0.05, 0) is 51.9 Å². The van der Waals surface area contributed by atoms with Gasteiger partial charge in [-0.2, -0.15) is 0 Å². The van der Waals surface area contributed by atoms with Crippen molar-refractivity contribution in [3.63, 3.8) is 0 Å². The van der Waals surface area contributed by atoms with E-state index in [2.05, 4.69) is 43.6 Å². The van der Waals surface area contributed by atoms with Gasteiger partial charge < -0.3 is 30.5 Å². The maximum Gasteiger partial charge on any atom is 0.0766 e. The van der Waals surface area contributed by atoms with Crippen molar-refractivity contribution in [3.8, 4) is 0 Å². The number of ether oxygens (including phenoxy) is 2. The third-order valence-electron chi connectivity index (χ3n) is 6.66. The van der Waals surface area contributed by atoms with Crippen molar-refractivity contribution in [2.75, 3.05) is 19.8 Å². The van der Waals surface area contributed by atoms with Crippen LogP contribution in [0.5, 0.6) is 0 Å². The van der Waals surface area contributed by atoms with Crippen LogP contribution in [0.15, 0.2) is 0 Å². The summed E-state index contributed by atoms with van der Waals surface area (Å²) >= 11 is 0. The van der Waals surface area contributed by atoms with Crippen LogP contribution in [0.4, 0.5) is 0 Å². The average Bonchev–Trinajstić information content (AvgIpc) is 3.13. The van der Waals surface area contributed by atoms with E-state index in [9.17, 15) is 5.11 Å². The fraction of sp³-hybridized carbons (Fsp3) is 1.00. The number of hydrogen-bond donors (Lipinski definition) is 4. The lowest BCUT2D eigenvalue weighted by molar-refractivity contribution is -0.0984. The number of rotatable bonds is 10. The van der Waals surface area contributed by atoms with E-state index in [-0.39, 0.29) is 12.1 Å². The third-order valence-corrected chi connectivity index (χ3v) is 6.66. The summed E-state index contributed by atoms with van der Waals surface area (Å²) in [5, 5.41) is 21.8. The van der Waals surface area contributed by atoms with Gasteiger partial charge >= 0.3 is 0 Å². The number of aliphatic hydroxyl groups excluding tert-OH is 1. The van der Waals surface area contributed by atoms with Crippen molar-refractivity contribution in [1.29, 1.82) is 0 Å². The predicted molar refractivity (Wildman–Crippen MR) is 113 cm³/mol. The van der Waals surface area contributed by atoms with Crippen LogP contribution in [0.2, 0.25) is 0 Å². The molecule has 2 heterocycles. The highest BCUT2D eigenvalue weighted by Gasteiger charge is 2.36. The third kappa shape index (κ3) is 6.38. The smallest absolute Gasteiger partial charge is 0.0766 e. The minimum Gasteiger partial charge on any atom is -0.391 e. The molecular weight excluding hydrogens is 354 g/mol. The first-order valence-electron chi connectivity index (χ1n) is 11.6. The van der Waals surface area contributed by atoms with E-state index in [1.54, 1.807) is 0 Å². The minimum absolute atomic E-state index is 0.230. The molecule has 0 amide bonds. The van der Waals surface area contributed by atoms with Crippen LogP contribution >= 0.6 is 0 Å². The van der Waals surface area contributed by atoms with Crippen molar-refractivity contribution in [1.82, 2.24) is 16.0 Å². The summed E-state index contributed by atoms with van der Waals surface area (Å²) in [6, 6.07) is 2.45. The second kappa shape index (κ2) is 10.7. The number of aliphatic hydroxyl groups is 1. The summed E-state index contributed by atoms with van der Waals surface area (Å²) in [7, 11) is 0. The standard InChI is InChI=1S/C22H43N3O3/c1-14(2)23-19-7-5-6-17(22(19)26)10-15(3)25-20-13-28-21(20)11-16(4)24-18-8-9-27-12-18/h14-26H,5-13H2,1-4H3. The fourth-order valence-corrected chi connectivity index (χ4v) is 5.23. The van der Waals surface area contributed by atoms with Crippen LogP contribution in [-0.2, 0) is 9.47 Å². The second-order valence-corrected chi connectivity index (χ2v) is 9.76. The Bertz CT molecular complexity index is 458. The molecule has 28 heavy (non-hydrogen) atoms.